The minimum atomic E-state index is -0.421. The van der Waals surface area contributed by atoms with Crippen molar-refractivity contribution in [1.29, 1.82) is 0 Å². The summed E-state index contributed by atoms with van der Waals surface area (Å²) >= 11 is 0. The predicted molar refractivity (Wildman–Crippen MR) is 93.7 cm³/mol. The molecule has 6 heteroatoms. The molecule has 0 aromatic carbocycles. The Morgan fingerprint density at radius 1 is 1.42 bits per heavy atom. The summed E-state index contributed by atoms with van der Waals surface area (Å²) in [7, 11) is 1.62. The van der Waals surface area contributed by atoms with Crippen LogP contribution in [0.3, 0.4) is 0 Å². The van der Waals surface area contributed by atoms with E-state index in [2.05, 4.69) is 18.8 Å². The monoisotopic (exact) mass is 336 g/mol. The Bertz CT molecular complexity index is 568. The lowest BCUT2D eigenvalue weighted by Crippen LogP contribution is -2.23. The molecule has 1 saturated carbocycles. The molecule has 2 aliphatic rings. The van der Waals surface area contributed by atoms with Gasteiger partial charge in [0.1, 0.15) is 6.20 Å². The van der Waals surface area contributed by atoms with E-state index >= 15 is 0 Å². The van der Waals surface area contributed by atoms with Crippen LogP contribution in [0.25, 0.3) is 0 Å². The number of methoxy groups -OCH3 is 1. The van der Waals surface area contributed by atoms with Gasteiger partial charge in [-0.15, -0.1) is 0 Å². The van der Waals surface area contributed by atoms with Gasteiger partial charge in [0.15, 0.2) is 0 Å². The molecule has 1 unspecified atom stereocenters. The summed E-state index contributed by atoms with van der Waals surface area (Å²) in [6, 6.07) is 1.65. The molecule has 0 amide bonds. The van der Waals surface area contributed by atoms with E-state index in [1.807, 2.05) is 19.9 Å². The summed E-state index contributed by atoms with van der Waals surface area (Å²) in [5, 5.41) is 11.1. The zero-order valence-corrected chi connectivity index (χ0v) is 15.2. The second-order valence-electron chi connectivity index (χ2n) is 5.59. The lowest BCUT2D eigenvalue weighted by atomic mass is 10.0. The third-order valence-corrected chi connectivity index (χ3v) is 3.57. The average molecular weight is 336 g/mol. The van der Waals surface area contributed by atoms with Gasteiger partial charge < -0.3 is 9.47 Å². The van der Waals surface area contributed by atoms with Crippen molar-refractivity contribution in [2.24, 2.45) is 0 Å². The number of hydrogen-bond donors (Lipinski definition) is 0. The maximum absolute atomic E-state index is 11.1. The lowest BCUT2D eigenvalue weighted by Gasteiger charge is -2.28. The minimum absolute atomic E-state index is 0.000605. The number of hydrogen-bond acceptors (Lipinski definition) is 5. The molecule has 6 nitrogen and oxygen atoms in total. The average Bonchev–Trinajstić information content (AvgIpc) is 3.35. The maximum atomic E-state index is 11.1. The maximum Gasteiger partial charge on any atom is 0.293 e. The second kappa shape index (κ2) is 9.37. The molecule has 3 rings (SSSR count). The number of nitro groups is 1. The molecule has 24 heavy (non-hydrogen) atoms. The highest BCUT2D eigenvalue weighted by Crippen LogP contribution is 2.50. The van der Waals surface area contributed by atoms with Crippen molar-refractivity contribution in [3.05, 3.63) is 46.0 Å². The second-order valence-corrected chi connectivity index (χ2v) is 5.59. The zero-order chi connectivity index (χ0) is 18.2. The van der Waals surface area contributed by atoms with Crippen LogP contribution in [-0.2, 0) is 9.47 Å². The van der Waals surface area contributed by atoms with Crippen LogP contribution in [0.5, 0.6) is 0 Å². The van der Waals surface area contributed by atoms with Gasteiger partial charge in [-0.1, -0.05) is 34.1 Å². The van der Waals surface area contributed by atoms with Gasteiger partial charge >= 0.3 is 0 Å². The van der Waals surface area contributed by atoms with Crippen molar-refractivity contribution >= 4 is 5.69 Å². The standard InChI is InChI=1S/C13H14N2O4.C3H8.C2H6/c1-18-9-6-12(19-13(7-9)3-4-13)10-2-5-14-8-11(10)15(16)17;1-3-2;1-2/h2,5,7-8,12H,3-4,6H2,1H3;3H2,1-2H3;1-2H3. The van der Waals surface area contributed by atoms with Gasteiger partial charge in [0.25, 0.3) is 5.69 Å². The van der Waals surface area contributed by atoms with Crippen LogP contribution in [-0.4, -0.2) is 22.6 Å². The van der Waals surface area contributed by atoms with Crippen LogP contribution in [0, 0.1) is 10.1 Å². The smallest absolute Gasteiger partial charge is 0.293 e. The van der Waals surface area contributed by atoms with Gasteiger partial charge in [-0.25, -0.2) is 0 Å². The molecule has 0 N–H and O–H groups in total. The largest absolute Gasteiger partial charge is 0.501 e. The van der Waals surface area contributed by atoms with E-state index in [1.54, 1.807) is 19.4 Å². The fourth-order valence-electron chi connectivity index (χ4n) is 2.42. The number of pyridine rings is 1. The first kappa shape index (κ1) is 20.1. The number of ether oxygens (including phenoxy) is 2. The summed E-state index contributed by atoms with van der Waals surface area (Å²) in [5.41, 5.74) is 0.292. The summed E-state index contributed by atoms with van der Waals surface area (Å²) in [4.78, 5) is 14.4. The van der Waals surface area contributed by atoms with E-state index in [9.17, 15) is 10.1 Å². The topological polar surface area (TPSA) is 74.5 Å². The lowest BCUT2D eigenvalue weighted by molar-refractivity contribution is -0.386. The molecule has 1 fully saturated rings. The van der Waals surface area contributed by atoms with Gasteiger partial charge in [-0.3, -0.25) is 15.1 Å². The molecule has 0 radical (unpaired) electrons. The van der Waals surface area contributed by atoms with Crippen LogP contribution in [0.1, 0.15) is 65.0 Å². The van der Waals surface area contributed by atoms with E-state index < -0.39 is 4.92 Å². The van der Waals surface area contributed by atoms with Gasteiger partial charge in [-0.2, -0.15) is 0 Å². The first-order valence-corrected chi connectivity index (χ1v) is 8.57. The van der Waals surface area contributed by atoms with Crippen molar-refractivity contribution < 1.29 is 14.4 Å². The molecule has 0 bridgehead atoms. The summed E-state index contributed by atoms with van der Waals surface area (Å²) in [6.45, 7) is 8.25. The summed E-state index contributed by atoms with van der Waals surface area (Å²) in [5.74, 6) is 0.833. The van der Waals surface area contributed by atoms with Crippen molar-refractivity contribution in [2.45, 2.75) is 65.1 Å². The molecule has 134 valence electrons. The Morgan fingerprint density at radius 3 is 2.54 bits per heavy atom. The molecule has 1 aromatic heterocycles. The Morgan fingerprint density at radius 2 is 2.04 bits per heavy atom. The van der Waals surface area contributed by atoms with Gasteiger partial charge in [-0.05, 0) is 25.0 Å². The predicted octanol–water partition coefficient (Wildman–Crippen LogP) is 4.96. The summed E-state index contributed by atoms with van der Waals surface area (Å²) < 4.78 is 11.3. The minimum Gasteiger partial charge on any atom is -0.501 e. The van der Waals surface area contributed by atoms with E-state index in [1.165, 1.54) is 12.6 Å². The fourth-order valence-corrected chi connectivity index (χ4v) is 2.42. The molecular formula is C18H28N2O4. The molecule has 1 aromatic rings. The van der Waals surface area contributed by atoms with Gasteiger partial charge in [0.05, 0.1) is 35.1 Å². The molecule has 1 atom stereocenters. The molecule has 0 saturated heterocycles. The number of aromatic nitrogens is 1. The Hall–Kier alpha value is -1.95. The van der Waals surface area contributed by atoms with E-state index in [-0.39, 0.29) is 17.4 Å². The zero-order valence-electron chi connectivity index (χ0n) is 15.2. The molecule has 2 heterocycles. The first-order chi connectivity index (χ1) is 11.5. The SMILES string of the molecule is CC.CCC.COC1=CC2(CC2)OC(c2ccncc2[N+](=O)[O-])C1. The molecule has 1 spiro atoms. The van der Waals surface area contributed by atoms with E-state index in [0.29, 0.717) is 12.0 Å². The molecule has 1 aliphatic heterocycles. The normalized spacial score (nSPS) is 19.9. The van der Waals surface area contributed by atoms with Gasteiger partial charge in [0.2, 0.25) is 0 Å². The van der Waals surface area contributed by atoms with Crippen molar-refractivity contribution in [2.75, 3.05) is 7.11 Å². The number of nitrogens with zero attached hydrogens (tertiary/aromatic N) is 2. The molecule has 1 aliphatic carbocycles. The quantitative estimate of drug-likeness (QED) is 0.576. The van der Waals surface area contributed by atoms with Crippen molar-refractivity contribution in [3.63, 3.8) is 0 Å². The van der Waals surface area contributed by atoms with E-state index in [0.717, 1.165) is 18.6 Å². The molecular weight excluding hydrogens is 308 g/mol. The van der Waals surface area contributed by atoms with Crippen molar-refractivity contribution in [3.8, 4) is 0 Å². The first-order valence-electron chi connectivity index (χ1n) is 8.57. The highest BCUT2D eigenvalue weighted by Gasteiger charge is 2.48. The van der Waals surface area contributed by atoms with Gasteiger partial charge in [0, 0.05) is 12.6 Å². The Balaban J connectivity index is 0.000000521. The van der Waals surface area contributed by atoms with Crippen LogP contribution < -0.4 is 0 Å². The highest BCUT2D eigenvalue weighted by atomic mass is 16.6. The Kier molecular flexibility index (Phi) is 7.85. The third-order valence-electron chi connectivity index (χ3n) is 3.57. The van der Waals surface area contributed by atoms with Crippen LogP contribution in [0.15, 0.2) is 30.3 Å². The highest BCUT2D eigenvalue weighted by molar-refractivity contribution is 5.40. The van der Waals surface area contributed by atoms with Crippen LogP contribution in [0.2, 0.25) is 0 Å². The van der Waals surface area contributed by atoms with Crippen molar-refractivity contribution in [1.82, 2.24) is 4.98 Å². The Labute approximate surface area is 144 Å². The summed E-state index contributed by atoms with van der Waals surface area (Å²) in [6.07, 6.45) is 8.12. The fraction of sp³-hybridized carbons (Fsp3) is 0.611. The third kappa shape index (κ3) is 5.03. The van der Waals surface area contributed by atoms with E-state index in [4.69, 9.17) is 9.47 Å². The van der Waals surface area contributed by atoms with Crippen LogP contribution >= 0.6 is 0 Å². The van der Waals surface area contributed by atoms with Crippen LogP contribution in [0.4, 0.5) is 5.69 Å². The number of rotatable bonds is 3.